The molecule has 3 aromatic heterocycles. The monoisotopic (exact) mass is 420 g/mol. The van der Waals surface area contributed by atoms with E-state index >= 15 is 0 Å². The number of thiocarbonyl (C=S) groups is 1. The van der Waals surface area contributed by atoms with Crippen molar-refractivity contribution in [3.63, 3.8) is 0 Å². The lowest BCUT2D eigenvalue weighted by Gasteiger charge is -2.27. The number of piperidine rings is 1. The number of rotatable bonds is 6. The van der Waals surface area contributed by atoms with E-state index in [9.17, 15) is 0 Å². The van der Waals surface area contributed by atoms with Crippen molar-refractivity contribution in [2.45, 2.75) is 25.8 Å². The summed E-state index contributed by atoms with van der Waals surface area (Å²) in [6.07, 6.45) is 10.7. The highest BCUT2D eigenvalue weighted by Gasteiger charge is 2.13. The van der Waals surface area contributed by atoms with Crippen molar-refractivity contribution in [2.75, 3.05) is 18.0 Å². The maximum Gasteiger partial charge on any atom is 0.187 e. The Kier molecular flexibility index (Phi) is 6.34. The summed E-state index contributed by atoms with van der Waals surface area (Å²) in [4.78, 5) is 11.0. The minimum Gasteiger partial charge on any atom is -0.455 e. The van der Waals surface area contributed by atoms with E-state index in [4.69, 9.17) is 22.4 Å². The zero-order chi connectivity index (χ0) is 20.8. The molecule has 30 heavy (non-hydrogen) atoms. The molecule has 1 aliphatic rings. The maximum absolute atomic E-state index is 5.91. The first kappa shape index (κ1) is 20.0. The van der Waals surface area contributed by atoms with E-state index in [0.29, 0.717) is 12.3 Å². The molecule has 0 unspecified atom stereocenters. The second-order valence-electron chi connectivity index (χ2n) is 7.16. The second-order valence-corrected chi connectivity index (χ2v) is 7.57. The van der Waals surface area contributed by atoms with Crippen LogP contribution in [-0.4, -0.2) is 39.4 Å². The van der Waals surface area contributed by atoms with Crippen LogP contribution in [0.4, 0.5) is 5.82 Å². The SMILES string of the molecule is NC(=S)N(Cc1cccnc1)N=Cc1ccc(-c2ccc(N3CCCCC3)nc2)o1. The van der Waals surface area contributed by atoms with Crippen LogP contribution in [0.25, 0.3) is 11.3 Å². The highest BCUT2D eigenvalue weighted by molar-refractivity contribution is 7.80. The number of hydrogen-bond acceptors (Lipinski definition) is 6. The van der Waals surface area contributed by atoms with Crippen LogP contribution in [0.5, 0.6) is 0 Å². The number of nitrogens with two attached hydrogens (primary N) is 1. The molecule has 0 spiro atoms. The van der Waals surface area contributed by atoms with Crippen molar-refractivity contribution in [3.8, 4) is 11.3 Å². The minimum absolute atomic E-state index is 0.180. The predicted octanol–water partition coefficient (Wildman–Crippen LogP) is 3.81. The van der Waals surface area contributed by atoms with Crippen molar-refractivity contribution in [2.24, 2.45) is 10.8 Å². The second kappa shape index (κ2) is 9.49. The van der Waals surface area contributed by atoms with Gasteiger partial charge < -0.3 is 15.1 Å². The molecular weight excluding hydrogens is 396 g/mol. The van der Waals surface area contributed by atoms with E-state index in [0.717, 1.165) is 35.8 Å². The van der Waals surface area contributed by atoms with Crippen molar-refractivity contribution < 1.29 is 4.42 Å². The molecule has 0 aliphatic carbocycles. The summed E-state index contributed by atoms with van der Waals surface area (Å²) in [6, 6.07) is 11.7. The Balaban J connectivity index is 1.43. The molecule has 0 saturated carbocycles. The Morgan fingerprint density at radius 2 is 2.03 bits per heavy atom. The molecule has 0 aromatic carbocycles. The quantitative estimate of drug-likeness (QED) is 0.369. The number of anilines is 1. The van der Waals surface area contributed by atoms with Crippen LogP contribution in [0.3, 0.4) is 0 Å². The normalized spacial score (nSPS) is 14.2. The van der Waals surface area contributed by atoms with Crippen LogP contribution < -0.4 is 10.6 Å². The molecular formula is C22H24N6OS. The van der Waals surface area contributed by atoms with Gasteiger partial charge in [-0.05, 0) is 67.4 Å². The average Bonchev–Trinajstić information content (AvgIpc) is 3.27. The number of furan rings is 1. The van der Waals surface area contributed by atoms with Gasteiger partial charge in [-0.3, -0.25) is 4.98 Å². The Morgan fingerprint density at radius 3 is 2.73 bits per heavy atom. The van der Waals surface area contributed by atoms with E-state index in [1.54, 1.807) is 18.6 Å². The molecule has 7 nitrogen and oxygen atoms in total. The van der Waals surface area contributed by atoms with Crippen LogP contribution in [0.1, 0.15) is 30.6 Å². The first-order valence-electron chi connectivity index (χ1n) is 10.00. The molecule has 0 atom stereocenters. The first-order chi connectivity index (χ1) is 14.7. The van der Waals surface area contributed by atoms with Gasteiger partial charge in [0.15, 0.2) is 5.11 Å². The van der Waals surface area contributed by atoms with Crippen LogP contribution in [0.15, 0.2) is 64.5 Å². The summed E-state index contributed by atoms with van der Waals surface area (Å²) >= 11 is 5.11. The topological polar surface area (TPSA) is 83.8 Å². The van der Waals surface area contributed by atoms with Crippen molar-refractivity contribution in [1.82, 2.24) is 15.0 Å². The molecule has 1 saturated heterocycles. The van der Waals surface area contributed by atoms with Gasteiger partial charge in [-0.2, -0.15) is 5.10 Å². The predicted molar refractivity (Wildman–Crippen MR) is 122 cm³/mol. The molecule has 0 bridgehead atoms. The fraction of sp³-hybridized carbons (Fsp3) is 0.273. The molecule has 4 heterocycles. The Labute approximate surface area is 181 Å². The number of hydrogen-bond donors (Lipinski definition) is 1. The minimum atomic E-state index is 0.180. The highest BCUT2D eigenvalue weighted by Crippen LogP contribution is 2.24. The molecule has 154 valence electrons. The van der Waals surface area contributed by atoms with Gasteiger partial charge in [-0.15, -0.1) is 0 Å². The Bertz CT molecular complexity index is 996. The largest absolute Gasteiger partial charge is 0.455 e. The standard InChI is InChI=1S/C22H24N6OS/c23-22(30)28(16-17-5-4-10-24-13-17)26-15-19-7-8-20(29-19)18-6-9-21(25-14-18)27-11-2-1-3-12-27/h4-10,13-15H,1-3,11-12,16H2,(H2,23,30). The van der Waals surface area contributed by atoms with Gasteiger partial charge in [0.2, 0.25) is 0 Å². The Hall–Kier alpha value is -3.26. The van der Waals surface area contributed by atoms with E-state index in [-0.39, 0.29) is 5.11 Å². The van der Waals surface area contributed by atoms with Gasteiger partial charge in [0.25, 0.3) is 0 Å². The number of aromatic nitrogens is 2. The lowest BCUT2D eigenvalue weighted by Crippen LogP contribution is -2.30. The van der Waals surface area contributed by atoms with Gasteiger partial charge in [-0.1, -0.05) is 6.07 Å². The lowest BCUT2D eigenvalue weighted by molar-refractivity contribution is 0.442. The van der Waals surface area contributed by atoms with Crippen LogP contribution in [0, 0.1) is 0 Å². The third kappa shape index (κ3) is 5.01. The molecule has 0 radical (unpaired) electrons. The van der Waals surface area contributed by atoms with Crippen LogP contribution in [0.2, 0.25) is 0 Å². The molecule has 0 amide bonds. The fourth-order valence-electron chi connectivity index (χ4n) is 3.39. The van der Waals surface area contributed by atoms with Gasteiger partial charge in [0.1, 0.15) is 17.3 Å². The van der Waals surface area contributed by atoms with Crippen molar-refractivity contribution in [1.29, 1.82) is 0 Å². The average molecular weight is 421 g/mol. The third-order valence-corrected chi connectivity index (χ3v) is 5.18. The summed E-state index contributed by atoms with van der Waals surface area (Å²) < 4.78 is 5.91. The smallest absolute Gasteiger partial charge is 0.187 e. The van der Waals surface area contributed by atoms with Crippen molar-refractivity contribution >= 4 is 29.4 Å². The zero-order valence-corrected chi connectivity index (χ0v) is 17.5. The maximum atomic E-state index is 5.91. The summed E-state index contributed by atoms with van der Waals surface area (Å²) in [5, 5.41) is 6.08. The Morgan fingerprint density at radius 1 is 1.17 bits per heavy atom. The summed E-state index contributed by atoms with van der Waals surface area (Å²) in [6.45, 7) is 2.59. The van der Waals surface area contributed by atoms with E-state index in [1.165, 1.54) is 24.3 Å². The van der Waals surface area contributed by atoms with Gasteiger partial charge in [-0.25, -0.2) is 9.99 Å². The molecule has 1 fully saturated rings. The lowest BCUT2D eigenvalue weighted by atomic mass is 10.1. The third-order valence-electron chi connectivity index (χ3n) is 4.97. The highest BCUT2D eigenvalue weighted by atomic mass is 32.1. The molecule has 4 rings (SSSR count). The number of hydrazone groups is 1. The molecule has 1 aliphatic heterocycles. The molecule has 8 heteroatoms. The number of nitrogens with zero attached hydrogens (tertiary/aromatic N) is 5. The van der Waals surface area contributed by atoms with Crippen LogP contribution in [-0.2, 0) is 6.54 Å². The van der Waals surface area contributed by atoms with Crippen molar-refractivity contribution in [3.05, 3.63) is 66.3 Å². The molecule has 2 N–H and O–H groups in total. The molecule has 3 aromatic rings. The summed E-state index contributed by atoms with van der Waals surface area (Å²) in [5.74, 6) is 2.37. The van der Waals surface area contributed by atoms with Gasteiger partial charge in [0, 0.05) is 37.2 Å². The summed E-state index contributed by atoms with van der Waals surface area (Å²) in [7, 11) is 0. The van der Waals surface area contributed by atoms with Gasteiger partial charge >= 0.3 is 0 Å². The van der Waals surface area contributed by atoms with Crippen LogP contribution >= 0.6 is 12.2 Å². The van der Waals surface area contributed by atoms with E-state index < -0.39 is 0 Å². The van der Waals surface area contributed by atoms with Gasteiger partial charge in [0.05, 0.1) is 12.8 Å². The van der Waals surface area contributed by atoms with E-state index in [2.05, 4.69) is 26.0 Å². The first-order valence-corrected chi connectivity index (χ1v) is 10.4. The number of pyridine rings is 2. The summed E-state index contributed by atoms with van der Waals surface area (Å²) in [5.41, 5.74) is 7.69. The van der Waals surface area contributed by atoms with E-state index in [1.807, 2.05) is 36.5 Å². The fourth-order valence-corrected chi connectivity index (χ4v) is 3.50. The zero-order valence-electron chi connectivity index (χ0n) is 16.6.